The van der Waals surface area contributed by atoms with Gasteiger partial charge in [-0.3, -0.25) is 0 Å². The number of nitrogens with one attached hydrogen (secondary N) is 1. The van der Waals surface area contributed by atoms with Gasteiger partial charge >= 0.3 is 0 Å². The van der Waals surface area contributed by atoms with Crippen molar-refractivity contribution in [2.75, 3.05) is 6.61 Å². The molecule has 0 aliphatic carbocycles. The van der Waals surface area contributed by atoms with Crippen LogP contribution in [0.3, 0.4) is 0 Å². The minimum atomic E-state index is -4.55. The highest BCUT2D eigenvalue weighted by molar-refractivity contribution is 9.10. The highest BCUT2D eigenvalue weighted by Gasteiger charge is 2.63. The second-order valence-electron chi connectivity index (χ2n) is 7.20. The summed E-state index contributed by atoms with van der Waals surface area (Å²) in [5, 5.41) is 6.53. The third-order valence-corrected chi connectivity index (χ3v) is 7.18. The highest BCUT2D eigenvalue weighted by atomic mass is 79.9. The third-order valence-electron chi connectivity index (χ3n) is 4.77. The van der Waals surface area contributed by atoms with Crippen LogP contribution in [-0.4, -0.2) is 31.8 Å². The third kappa shape index (κ3) is 4.04. The average Bonchev–Trinajstić information content (AvgIpc) is 2.66. The summed E-state index contributed by atoms with van der Waals surface area (Å²) in [6.07, 6.45) is 0.255. The molecule has 1 unspecified atom stereocenters. The van der Waals surface area contributed by atoms with Gasteiger partial charge in [0.1, 0.15) is 0 Å². The Bertz CT molecular complexity index is 1010. The van der Waals surface area contributed by atoms with E-state index >= 15 is 4.39 Å². The number of hydrogen-bond acceptors (Lipinski definition) is 5. The van der Waals surface area contributed by atoms with Gasteiger partial charge in [0, 0.05) is 16.6 Å². The van der Waals surface area contributed by atoms with Crippen LogP contribution in [0.15, 0.2) is 64.1 Å². The molecule has 1 aliphatic heterocycles. The maximum atomic E-state index is 16.1. The number of aliphatic hydroxyl groups excluding tert-OH is 1. The molecule has 0 aromatic heterocycles. The molecule has 1 aliphatic rings. The van der Waals surface area contributed by atoms with E-state index in [1.165, 1.54) is 26.0 Å². The number of aliphatic hydroxyl groups is 1. The van der Waals surface area contributed by atoms with Crippen molar-refractivity contribution in [2.45, 2.75) is 36.9 Å². The lowest BCUT2D eigenvalue weighted by Crippen LogP contribution is -2.63. The van der Waals surface area contributed by atoms with Crippen LogP contribution >= 0.6 is 15.9 Å². The Balaban J connectivity index is 2.03. The van der Waals surface area contributed by atoms with Gasteiger partial charge in [-0.15, -0.1) is 0 Å². The summed E-state index contributed by atoms with van der Waals surface area (Å²) in [5.74, 6) is 0. The van der Waals surface area contributed by atoms with E-state index in [4.69, 9.17) is 4.74 Å². The Morgan fingerprint density at radius 1 is 1.21 bits per heavy atom. The molecule has 1 saturated heterocycles. The fourth-order valence-corrected chi connectivity index (χ4v) is 5.32. The van der Waals surface area contributed by atoms with Gasteiger partial charge in [-0.2, -0.15) is 0 Å². The molecule has 1 heterocycles. The quantitative estimate of drug-likeness (QED) is 0.675. The van der Waals surface area contributed by atoms with Crippen molar-refractivity contribution in [3.05, 3.63) is 70.2 Å². The molecule has 1 fully saturated rings. The number of sulfonamides is 1. The predicted molar refractivity (Wildman–Crippen MR) is 112 cm³/mol. The molecule has 29 heavy (non-hydrogen) atoms. The zero-order valence-electron chi connectivity index (χ0n) is 16.0. The number of alkyl halides is 1. The van der Waals surface area contributed by atoms with Crippen molar-refractivity contribution < 1.29 is 22.7 Å². The normalized spacial score (nSPS) is 25.1. The van der Waals surface area contributed by atoms with E-state index in [0.29, 0.717) is 4.47 Å². The Morgan fingerprint density at radius 3 is 2.48 bits per heavy atom. The Hall–Kier alpha value is -1.97. The maximum Gasteiger partial charge on any atom is 0.300 e. The second-order valence-corrected chi connectivity index (χ2v) is 9.89. The number of benzene rings is 2. The molecule has 2 N–H and O–H groups in total. The Kier molecular flexibility index (Phi) is 6.03. The van der Waals surface area contributed by atoms with Crippen LogP contribution in [0, 0.1) is 0 Å². The Labute approximate surface area is 178 Å². The van der Waals surface area contributed by atoms with Gasteiger partial charge in [-0.05, 0) is 38.0 Å². The van der Waals surface area contributed by atoms with Gasteiger partial charge in [-0.1, -0.05) is 58.4 Å². The number of rotatable bonds is 5. The number of halogens is 2. The fourth-order valence-electron chi connectivity index (χ4n) is 3.33. The van der Waals surface area contributed by atoms with Crippen LogP contribution in [0.25, 0.3) is 0 Å². The first-order valence-electron chi connectivity index (χ1n) is 9.00. The van der Waals surface area contributed by atoms with E-state index < -0.39 is 26.7 Å². The van der Waals surface area contributed by atoms with Crippen LogP contribution < -0.4 is 4.72 Å². The van der Waals surface area contributed by atoms with Crippen molar-refractivity contribution >= 4 is 32.0 Å². The summed E-state index contributed by atoms with van der Waals surface area (Å²) in [7, 11) is -4.55. The largest absolute Gasteiger partial charge is 0.454 e. The molecule has 0 saturated carbocycles. The molecule has 2 atom stereocenters. The number of aliphatic imine (C=N–C) groups is 1. The first-order valence-corrected chi connectivity index (χ1v) is 11.3. The van der Waals surface area contributed by atoms with E-state index in [-0.39, 0.29) is 24.6 Å². The van der Waals surface area contributed by atoms with E-state index in [1.54, 1.807) is 12.1 Å². The maximum absolute atomic E-state index is 16.1. The van der Waals surface area contributed by atoms with Crippen molar-refractivity contribution in [1.82, 2.24) is 4.72 Å². The summed E-state index contributed by atoms with van der Waals surface area (Å²) in [5.41, 5.74) is -1.05. The van der Waals surface area contributed by atoms with Crippen molar-refractivity contribution in [3.63, 3.8) is 0 Å². The van der Waals surface area contributed by atoms with Gasteiger partial charge in [0.2, 0.25) is 0 Å². The molecule has 0 radical (unpaired) electrons. The summed E-state index contributed by atoms with van der Waals surface area (Å²) in [4.78, 5) is 4.33. The van der Waals surface area contributed by atoms with E-state index in [9.17, 15) is 13.5 Å². The summed E-state index contributed by atoms with van der Waals surface area (Å²) >= 11 is 3.25. The molecule has 0 bridgehead atoms. The molecule has 3 rings (SSSR count). The number of hydrogen-bond donors (Lipinski definition) is 2. The zero-order valence-corrected chi connectivity index (χ0v) is 18.4. The molecule has 0 amide bonds. The van der Waals surface area contributed by atoms with Gasteiger partial charge in [0.05, 0.1) is 6.04 Å². The topological polar surface area (TPSA) is 88.0 Å². The number of ether oxygens (including phenoxy) is 1. The summed E-state index contributed by atoms with van der Waals surface area (Å²) < 4.78 is 50.5. The van der Waals surface area contributed by atoms with Gasteiger partial charge in [0.15, 0.2) is 5.60 Å². The molecule has 9 heteroatoms. The first-order chi connectivity index (χ1) is 13.6. The van der Waals surface area contributed by atoms with E-state index in [1.807, 2.05) is 30.3 Å². The lowest BCUT2D eigenvalue weighted by atomic mass is 9.95. The summed E-state index contributed by atoms with van der Waals surface area (Å²) in [6, 6.07) is 14.3. The Morgan fingerprint density at radius 2 is 1.90 bits per heavy atom. The molecule has 6 nitrogen and oxygen atoms in total. The first kappa shape index (κ1) is 21.7. The molecule has 2 aromatic rings. The lowest BCUT2D eigenvalue weighted by Gasteiger charge is -2.43. The lowest BCUT2D eigenvalue weighted by molar-refractivity contribution is -0.0314. The van der Waals surface area contributed by atoms with E-state index in [0.717, 1.165) is 5.56 Å². The molecule has 0 spiro atoms. The van der Waals surface area contributed by atoms with Crippen LogP contribution in [0.5, 0.6) is 0 Å². The smallest absolute Gasteiger partial charge is 0.300 e. The van der Waals surface area contributed by atoms with Crippen LogP contribution in [-0.2, 0) is 19.8 Å². The van der Waals surface area contributed by atoms with Crippen molar-refractivity contribution in [1.29, 1.82) is 0 Å². The minimum absolute atomic E-state index is 0.0570. The standard InChI is InChI=1S/C20H22BrFN2O4S/c1-19(2)20(22,15-9-6-10-16(21)13-15)29(26,27)24-18(28-19)23-17(11-12-25)14-7-4-3-5-8-14/h3-10,13,17,25H,11-12H2,1-2H3,(H,23,24)/t17-,20?/m0/s1. The van der Waals surface area contributed by atoms with Gasteiger partial charge in [0.25, 0.3) is 21.0 Å². The molecule has 156 valence electrons. The van der Waals surface area contributed by atoms with E-state index in [2.05, 4.69) is 25.6 Å². The fraction of sp³-hybridized carbons (Fsp3) is 0.350. The van der Waals surface area contributed by atoms with Gasteiger partial charge < -0.3 is 9.84 Å². The van der Waals surface area contributed by atoms with Crippen LogP contribution in [0.1, 0.15) is 37.4 Å². The average molecular weight is 485 g/mol. The van der Waals surface area contributed by atoms with Crippen molar-refractivity contribution in [2.24, 2.45) is 4.99 Å². The monoisotopic (exact) mass is 484 g/mol. The minimum Gasteiger partial charge on any atom is -0.454 e. The highest BCUT2D eigenvalue weighted by Crippen LogP contribution is 2.46. The predicted octanol–water partition coefficient (Wildman–Crippen LogP) is 3.78. The molecular formula is C20H22BrFN2O4S. The molecular weight excluding hydrogens is 463 g/mol. The van der Waals surface area contributed by atoms with Gasteiger partial charge in [-0.25, -0.2) is 22.5 Å². The molecule has 2 aromatic carbocycles. The van der Waals surface area contributed by atoms with Crippen molar-refractivity contribution in [3.8, 4) is 0 Å². The number of amidine groups is 1. The summed E-state index contributed by atoms with van der Waals surface area (Å²) in [6.45, 7) is 2.58. The SMILES string of the molecule is CC1(C)OC(=N[C@@H](CCO)c2ccccc2)NS(=O)(=O)C1(F)c1cccc(Br)c1. The van der Waals surface area contributed by atoms with Crippen LogP contribution in [0.2, 0.25) is 0 Å². The second kappa shape index (κ2) is 8.04. The zero-order chi connectivity index (χ0) is 21.3. The van der Waals surface area contributed by atoms with Crippen LogP contribution in [0.4, 0.5) is 4.39 Å². The number of nitrogens with zero attached hydrogens (tertiary/aromatic N) is 1.